The van der Waals surface area contributed by atoms with Crippen molar-refractivity contribution < 1.29 is 32.2 Å². The molecule has 0 saturated heterocycles. The van der Waals surface area contributed by atoms with Crippen LogP contribution in [0.1, 0.15) is 5.56 Å². The molecule has 0 aromatic heterocycles. The molecule has 0 unspecified atom stereocenters. The number of methoxy groups -OCH3 is 3. The van der Waals surface area contributed by atoms with Crippen LogP contribution in [-0.4, -0.2) is 78.7 Å². The maximum Gasteiger partial charge on any atom is 0.319 e. The Morgan fingerprint density at radius 1 is 0.906 bits per heavy atom. The fourth-order valence-corrected chi connectivity index (χ4v) is 3.79. The van der Waals surface area contributed by atoms with Gasteiger partial charge in [0.2, 0.25) is 10.0 Å². The summed E-state index contributed by atoms with van der Waals surface area (Å²) in [5, 5.41) is 0. The van der Waals surface area contributed by atoms with E-state index in [0.29, 0.717) is 30.3 Å². The highest BCUT2D eigenvalue weighted by atomic mass is 32.2. The quantitative estimate of drug-likeness (QED) is 0.439. The number of hydrogen-bond donors (Lipinski definition) is 0. The van der Waals surface area contributed by atoms with Gasteiger partial charge in [-0.05, 0) is 42.0 Å². The van der Waals surface area contributed by atoms with Crippen molar-refractivity contribution in [2.24, 2.45) is 0 Å². The molecule has 32 heavy (non-hydrogen) atoms. The summed E-state index contributed by atoms with van der Waals surface area (Å²) in [5.41, 5.74) is 0.906. The third kappa shape index (κ3) is 7.11. The van der Waals surface area contributed by atoms with Gasteiger partial charge in [0.05, 0.1) is 32.8 Å². The average Bonchev–Trinajstić information content (AvgIpc) is 2.78. The van der Waals surface area contributed by atoms with Crippen molar-refractivity contribution in [3.8, 4) is 17.2 Å². The molecule has 0 fully saturated rings. The van der Waals surface area contributed by atoms with E-state index in [0.717, 1.165) is 9.87 Å². The van der Waals surface area contributed by atoms with Crippen LogP contribution < -0.4 is 14.2 Å². The van der Waals surface area contributed by atoms with Crippen LogP contribution in [0, 0.1) is 0 Å². The molecule has 176 valence electrons. The van der Waals surface area contributed by atoms with Crippen LogP contribution in [0.3, 0.4) is 0 Å². The molecule has 0 radical (unpaired) electrons. The van der Waals surface area contributed by atoms with Crippen molar-refractivity contribution in [2.75, 3.05) is 55.1 Å². The summed E-state index contributed by atoms with van der Waals surface area (Å²) in [6, 6.07) is 11.7. The van der Waals surface area contributed by atoms with Gasteiger partial charge in [0, 0.05) is 33.3 Å². The minimum absolute atomic E-state index is 0.0827. The van der Waals surface area contributed by atoms with Gasteiger partial charge in [-0.1, -0.05) is 0 Å². The Morgan fingerprint density at radius 2 is 1.50 bits per heavy atom. The Hall–Kier alpha value is -2.82. The summed E-state index contributed by atoms with van der Waals surface area (Å²) in [7, 11) is 3.96. The number of carbonyl (C=O) groups excluding carboxylic acids is 1. The molecule has 10 heteroatoms. The van der Waals surface area contributed by atoms with E-state index in [-0.39, 0.29) is 24.0 Å². The highest BCUT2D eigenvalue weighted by Gasteiger charge is 2.17. The van der Waals surface area contributed by atoms with Crippen LogP contribution >= 0.6 is 0 Å². The number of hydrogen-bond acceptors (Lipinski definition) is 8. The van der Waals surface area contributed by atoms with Crippen molar-refractivity contribution in [2.45, 2.75) is 11.4 Å². The molecule has 2 aromatic carbocycles. The first-order valence-corrected chi connectivity index (χ1v) is 11.3. The Kier molecular flexibility index (Phi) is 9.30. The lowest BCUT2D eigenvalue weighted by Gasteiger charge is -2.22. The first-order chi connectivity index (χ1) is 15.2. The van der Waals surface area contributed by atoms with Crippen LogP contribution in [0.25, 0.3) is 0 Å². The largest absolute Gasteiger partial charge is 0.497 e. The van der Waals surface area contributed by atoms with E-state index in [9.17, 15) is 13.2 Å². The molecule has 0 aliphatic heterocycles. The molecule has 2 aromatic rings. The van der Waals surface area contributed by atoms with Crippen LogP contribution in [-0.2, 0) is 26.1 Å². The third-order valence-corrected chi connectivity index (χ3v) is 6.51. The van der Waals surface area contributed by atoms with Gasteiger partial charge >= 0.3 is 5.97 Å². The molecule has 0 spiro atoms. The van der Waals surface area contributed by atoms with Crippen LogP contribution in [0.5, 0.6) is 17.2 Å². The van der Waals surface area contributed by atoms with Crippen LogP contribution in [0.4, 0.5) is 0 Å². The highest BCUT2D eigenvalue weighted by Crippen LogP contribution is 2.23. The number of nitrogens with zero attached hydrogens (tertiary/aromatic N) is 2. The van der Waals surface area contributed by atoms with E-state index in [4.69, 9.17) is 18.9 Å². The molecule has 0 aliphatic carbocycles. The number of esters is 1. The van der Waals surface area contributed by atoms with E-state index >= 15 is 0 Å². The van der Waals surface area contributed by atoms with Gasteiger partial charge in [0.1, 0.15) is 23.9 Å². The minimum Gasteiger partial charge on any atom is -0.497 e. The SMILES string of the molecule is COC(=O)CN(CCOc1ccc(S(=O)(=O)N(C)C)cc1)Cc1cc(OC)cc(OC)c1. The zero-order valence-electron chi connectivity index (χ0n) is 19.0. The van der Waals surface area contributed by atoms with E-state index in [1.165, 1.54) is 33.3 Å². The minimum atomic E-state index is -3.49. The van der Waals surface area contributed by atoms with Crippen molar-refractivity contribution >= 4 is 16.0 Å². The number of carbonyl (C=O) groups is 1. The van der Waals surface area contributed by atoms with E-state index in [2.05, 4.69) is 0 Å². The molecule has 0 atom stereocenters. The standard InChI is InChI=1S/C22H30N2O7S/c1-23(2)32(26,27)21-8-6-18(7-9-21)31-11-10-24(16-22(25)30-5)15-17-12-19(28-3)14-20(13-17)29-4/h6-9,12-14H,10-11,15-16H2,1-5H3. The predicted molar refractivity (Wildman–Crippen MR) is 120 cm³/mol. The smallest absolute Gasteiger partial charge is 0.319 e. The molecule has 0 N–H and O–H groups in total. The second kappa shape index (κ2) is 11.7. The van der Waals surface area contributed by atoms with Gasteiger partial charge in [-0.3, -0.25) is 9.69 Å². The molecule has 0 amide bonds. The third-order valence-electron chi connectivity index (χ3n) is 4.68. The lowest BCUT2D eigenvalue weighted by atomic mass is 10.2. The van der Waals surface area contributed by atoms with E-state index in [1.54, 1.807) is 32.4 Å². The lowest BCUT2D eigenvalue weighted by Crippen LogP contribution is -2.33. The second-order valence-corrected chi connectivity index (χ2v) is 9.27. The van der Waals surface area contributed by atoms with Gasteiger partial charge in [0.15, 0.2) is 0 Å². The van der Waals surface area contributed by atoms with E-state index < -0.39 is 10.0 Å². The predicted octanol–water partition coefficient (Wildman–Crippen LogP) is 2.01. The number of benzene rings is 2. The Morgan fingerprint density at radius 3 is 2.00 bits per heavy atom. The Labute approximate surface area is 189 Å². The van der Waals surface area contributed by atoms with Gasteiger partial charge < -0.3 is 18.9 Å². The summed E-state index contributed by atoms with van der Waals surface area (Å²) in [6.07, 6.45) is 0. The van der Waals surface area contributed by atoms with Gasteiger partial charge in [0.25, 0.3) is 0 Å². The van der Waals surface area contributed by atoms with Crippen LogP contribution in [0.2, 0.25) is 0 Å². The average molecular weight is 467 g/mol. The highest BCUT2D eigenvalue weighted by molar-refractivity contribution is 7.89. The monoisotopic (exact) mass is 466 g/mol. The summed E-state index contributed by atoms with van der Waals surface area (Å²) in [6.45, 7) is 1.26. The van der Waals surface area contributed by atoms with Crippen molar-refractivity contribution in [3.63, 3.8) is 0 Å². The Balaban J connectivity index is 2.04. The molecule has 9 nitrogen and oxygen atoms in total. The maximum absolute atomic E-state index is 12.2. The second-order valence-electron chi connectivity index (χ2n) is 7.11. The number of rotatable bonds is 12. The number of ether oxygens (including phenoxy) is 4. The van der Waals surface area contributed by atoms with Gasteiger partial charge in [-0.25, -0.2) is 12.7 Å². The molecule has 0 saturated carbocycles. The van der Waals surface area contributed by atoms with Crippen molar-refractivity contribution in [3.05, 3.63) is 48.0 Å². The summed E-state index contributed by atoms with van der Waals surface area (Å²) in [4.78, 5) is 13.9. The molecule has 0 heterocycles. The summed E-state index contributed by atoms with van der Waals surface area (Å²) >= 11 is 0. The lowest BCUT2D eigenvalue weighted by molar-refractivity contribution is -0.142. The zero-order valence-corrected chi connectivity index (χ0v) is 19.8. The first-order valence-electron chi connectivity index (χ1n) is 9.86. The molecule has 2 rings (SSSR count). The van der Waals surface area contributed by atoms with E-state index in [1.807, 2.05) is 17.0 Å². The molecule has 0 aliphatic rings. The van der Waals surface area contributed by atoms with Crippen LogP contribution in [0.15, 0.2) is 47.4 Å². The normalized spacial score (nSPS) is 11.5. The molecular weight excluding hydrogens is 436 g/mol. The van der Waals surface area contributed by atoms with Gasteiger partial charge in [-0.2, -0.15) is 0 Å². The first kappa shape index (κ1) is 25.4. The molecule has 0 bridgehead atoms. The number of sulfonamides is 1. The Bertz CT molecular complexity index is 970. The topological polar surface area (TPSA) is 94.6 Å². The van der Waals surface area contributed by atoms with Gasteiger partial charge in [-0.15, -0.1) is 0 Å². The fourth-order valence-electron chi connectivity index (χ4n) is 2.89. The summed E-state index contributed by atoms with van der Waals surface area (Å²) in [5.74, 6) is 1.48. The fraction of sp³-hybridized carbons (Fsp3) is 0.409. The van der Waals surface area contributed by atoms with Crippen molar-refractivity contribution in [1.82, 2.24) is 9.21 Å². The zero-order chi connectivity index (χ0) is 23.7. The van der Waals surface area contributed by atoms with Crippen molar-refractivity contribution in [1.29, 1.82) is 0 Å². The molecular formula is C22H30N2O7S. The maximum atomic E-state index is 12.2. The summed E-state index contributed by atoms with van der Waals surface area (Å²) < 4.78 is 46.6.